The maximum Gasteiger partial charge on any atom is 0.228 e. The van der Waals surface area contributed by atoms with Crippen LogP contribution in [0.2, 0.25) is 0 Å². The molecule has 1 saturated heterocycles. The first-order valence-electron chi connectivity index (χ1n) is 9.77. The van der Waals surface area contributed by atoms with Gasteiger partial charge in [-0.25, -0.2) is 9.37 Å². The molecule has 3 heterocycles. The molecule has 28 heavy (non-hydrogen) atoms. The molecule has 146 valence electrons. The Morgan fingerprint density at radius 1 is 1.25 bits per heavy atom. The number of rotatable bonds is 4. The highest BCUT2D eigenvalue weighted by atomic mass is 19.1. The highest BCUT2D eigenvalue weighted by molar-refractivity contribution is 5.87. The summed E-state index contributed by atoms with van der Waals surface area (Å²) in [6.45, 7) is 4.63. The zero-order valence-electron chi connectivity index (χ0n) is 16.2. The van der Waals surface area contributed by atoms with Crippen LogP contribution in [0.3, 0.4) is 0 Å². The second-order valence-corrected chi connectivity index (χ2v) is 7.47. The molecule has 0 aliphatic carbocycles. The van der Waals surface area contributed by atoms with Crippen LogP contribution in [-0.4, -0.2) is 40.0 Å². The molecule has 1 amide bonds. The smallest absolute Gasteiger partial charge is 0.228 e. The van der Waals surface area contributed by atoms with Crippen LogP contribution in [0.5, 0.6) is 0 Å². The largest absolute Gasteiger partial charge is 0.441 e. The quantitative estimate of drug-likeness (QED) is 0.675. The zero-order chi connectivity index (χ0) is 19.7. The molecule has 0 unspecified atom stereocenters. The number of halogens is 1. The molecule has 0 radical (unpaired) electrons. The number of piperidine rings is 1. The van der Waals surface area contributed by atoms with Crippen molar-refractivity contribution in [3.8, 4) is 11.3 Å². The summed E-state index contributed by atoms with van der Waals surface area (Å²) in [7, 11) is 0. The Hall–Kier alpha value is -2.76. The number of benzene rings is 1. The second kappa shape index (κ2) is 7.70. The number of nitrogens with zero attached hydrogens (tertiary/aromatic N) is 3. The van der Waals surface area contributed by atoms with Crippen molar-refractivity contribution in [2.75, 3.05) is 13.1 Å². The minimum Gasteiger partial charge on any atom is -0.441 e. The lowest BCUT2D eigenvalue weighted by molar-refractivity contribution is -0.133. The van der Waals surface area contributed by atoms with E-state index in [2.05, 4.69) is 9.97 Å². The zero-order valence-corrected chi connectivity index (χ0v) is 16.2. The lowest BCUT2D eigenvalue weighted by Crippen LogP contribution is -2.45. The Kier molecular flexibility index (Phi) is 5.11. The van der Waals surface area contributed by atoms with Gasteiger partial charge in [0.15, 0.2) is 11.7 Å². The molecule has 5 nitrogen and oxygen atoms in total. The summed E-state index contributed by atoms with van der Waals surface area (Å²) < 4.78 is 19.8. The van der Waals surface area contributed by atoms with Crippen LogP contribution in [0.15, 0.2) is 41.1 Å². The van der Waals surface area contributed by atoms with E-state index in [-0.39, 0.29) is 24.8 Å². The van der Waals surface area contributed by atoms with E-state index in [4.69, 9.17) is 4.42 Å². The number of pyridine rings is 1. The molecule has 0 spiro atoms. The van der Waals surface area contributed by atoms with Gasteiger partial charge in [-0.15, -0.1) is 0 Å². The van der Waals surface area contributed by atoms with Gasteiger partial charge in [0, 0.05) is 30.6 Å². The van der Waals surface area contributed by atoms with Crippen molar-refractivity contribution >= 4 is 16.7 Å². The van der Waals surface area contributed by atoms with Crippen molar-refractivity contribution in [3.05, 3.63) is 48.2 Å². The highest BCUT2D eigenvalue weighted by Gasteiger charge is 2.30. The van der Waals surface area contributed by atoms with Crippen molar-refractivity contribution in [3.63, 3.8) is 0 Å². The van der Waals surface area contributed by atoms with Crippen molar-refractivity contribution in [1.82, 2.24) is 14.9 Å². The van der Waals surface area contributed by atoms with Crippen LogP contribution in [0.4, 0.5) is 4.39 Å². The van der Waals surface area contributed by atoms with Crippen LogP contribution < -0.4 is 0 Å². The number of oxazole rings is 1. The van der Waals surface area contributed by atoms with Crippen molar-refractivity contribution in [2.24, 2.45) is 5.92 Å². The third kappa shape index (κ3) is 3.77. The average Bonchev–Trinajstić information content (AvgIpc) is 3.13. The van der Waals surface area contributed by atoms with Crippen LogP contribution in [0.25, 0.3) is 22.1 Å². The average molecular weight is 381 g/mol. The summed E-state index contributed by atoms with van der Waals surface area (Å²) in [6.07, 6.45) is 4.28. The van der Waals surface area contributed by atoms with Crippen LogP contribution in [0, 0.1) is 12.8 Å². The van der Waals surface area contributed by atoms with E-state index in [1.54, 1.807) is 17.3 Å². The molecule has 2 aromatic heterocycles. The van der Waals surface area contributed by atoms with Crippen LogP contribution in [0.1, 0.15) is 31.4 Å². The SMILES string of the molecule is CC[C@@H]1CCN(C(=O)Cc2cc3cc(-c4cnc(C)o4)ccc3cn2)C[C@H]1F. The number of carbonyl (C=O) groups is 1. The summed E-state index contributed by atoms with van der Waals surface area (Å²) in [4.78, 5) is 22.8. The summed E-state index contributed by atoms with van der Waals surface area (Å²) in [5.74, 6) is 1.34. The number of likely N-dealkylation sites (tertiary alicyclic amines) is 1. The van der Waals surface area contributed by atoms with Gasteiger partial charge in [0.2, 0.25) is 5.91 Å². The van der Waals surface area contributed by atoms with Gasteiger partial charge >= 0.3 is 0 Å². The molecule has 1 aliphatic rings. The van der Waals surface area contributed by atoms with Crippen molar-refractivity contribution in [2.45, 2.75) is 39.3 Å². The number of aromatic nitrogens is 2. The fraction of sp³-hybridized carbons (Fsp3) is 0.409. The molecular weight excluding hydrogens is 357 g/mol. The van der Waals surface area contributed by atoms with Gasteiger partial charge in [0.1, 0.15) is 6.17 Å². The number of alkyl halides is 1. The van der Waals surface area contributed by atoms with E-state index in [0.717, 1.165) is 29.2 Å². The van der Waals surface area contributed by atoms with Gasteiger partial charge in [0.25, 0.3) is 0 Å². The van der Waals surface area contributed by atoms with Crippen LogP contribution in [-0.2, 0) is 11.2 Å². The summed E-state index contributed by atoms with van der Waals surface area (Å²) in [5, 5.41) is 1.97. The minimum absolute atomic E-state index is 0.0638. The van der Waals surface area contributed by atoms with Gasteiger partial charge in [-0.1, -0.05) is 25.5 Å². The topological polar surface area (TPSA) is 59.2 Å². The first-order chi connectivity index (χ1) is 13.5. The maximum absolute atomic E-state index is 14.2. The van der Waals surface area contributed by atoms with Crippen molar-refractivity contribution < 1.29 is 13.6 Å². The van der Waals surface area contributed by atoms with E-state index in [9.17, 15) is 9.18 Å². The molecule has 0 saturated carbocycles. The Labute approximate surface area is 163 Å². The molecular formula is C22H24FN3O2. The number of amides is 1. The number of aryl methyl sites for hydroxylation is 1. The molecule has 3 aromatic rings. The normalized spacial score (nSPS) is 19.9. The molecule has 6 heteroatoms. The van der Waals surface area contributed by atoms with E-state index < -0.39 is 6.17 Å². The Balaban J connectivity index is 1.51. The second-order valence-electron chi connectivity index (χ2n) is 7.47. The van der Waals surface area contributed by atoms with E-state index in [0.29, 0.717) is 23.9 Å². The fourth-order valence-corrected chi connectivity index (χ4v) is 3.84. The molecule has 2 atom stereocenters. The van der Waals surface area contributed by atoms with Crippen molar-refractivity contribution in [1.29, 1.82) is 0 Å². The maximum atomic E-state index is 14.2. The monoisotopic (exact) mass is 381 g/mol. The third-order valence-electron chi connectivity index (χ3n) is 5.57. The lowest BCUT2D eigenvalue weighted by Gasteiger charge is -2.34. The van der Waals surface area contributed by atoms with E-state index in [1.165, 1.54) is 0 Å². The van der Waals surface area contributed by atoms with Gasteiger partial charge < -0.3 is 9.32 Å². The molecule has 0 bridgehead atoms. The molecule has 1 fully saturated rings. The summed E-state index contributed by atoms with van der Waals surface area (Å²) in [6, 6.07) is 7.87. The minimum atomic E-state index is -0.930. The van der Waals surface area contributed by atoms with Gasteiger partial charge in [-0.3, -0.25) is 9.78 Å². The number of carbonyl (C=O) groups excluding carboxylic acids is 1. The highest BCUT2D eigenvalue weighted by Crippen LogP contribution is 2.26. The Morgan fingerprint density at radius 3 is 2.82 bits per heavy atom. The van der Waals surface area contributed by atoms with E-state index >= 15 is 0 Å². The van der Waals surface area contributed by atoms with Gasteiger partial charge in [-0.2, -0.15) is 0 Å². The summed E-state index contributed by atoms with van der Waals surface area (Å²) >= 11 is 0. The van der Waals surface area contributed by atoms with Gasteiger partial charge in [0.05, 0.1) is 24.9 Å². The lowest BCUT2D eigenvalue weighted by atomic mass is 9.92. The first kappa shape index (κ1) is 18.6. The van der Waals surface area contributed by atoms with E-state index in [1.807, 2.05) is 38.1 Å². The van der Waals surface area contributed by atoms with Gasteiger partial charge in [-0.05, 0) is 29.9 Å². The number of fused-ring (bicyclic) bond motifs is 1. The Morgan fingerprint density at radius 2 is 2.11 bits per heavy atom. The molecule has 1 aromatic carbocycles. The standard InChI is InChI=1S/C22H24FN3O2/c1-3-15-6-7-26(13-20(15)23)22(27)10-19-9-18-8-16(4-5-17(18)11-25-19)21-12-24-14(2)28-21/h4-5,8-9,11-12,15,20H,3,6-7,10,13H2,1-2H3/t15-,20-/m1/s1. The first-order valence-corrected chi connectivity index (χ1v) is 9.77. The molecule has 1 aliphatic heterocycles. The number of hydrogen-bond acceptors (Lipinski definition) is 4. The third-order valence-corrected chi connectivity index (χ3v) is 5.57. The molecule has 4 rings (SSSR count). The molecule has 0 N–H and O–H groups in total. The fourth-order valence-electron chi connectivity index (χ4n) is 3.84. The Bertz CT molecular complexity index is 1000. The van der Waals surface area contributed by atoms with Crippen LogP contribution >= 0.6 is 0 Å². The summed E-state index contributed by atoms with van der Waals surface area (Å²) in [5.41, 5.74) is 1.62. The number of hydrogen-bond donors (Lipinski definition) is 0. The predicted octanol–water partition coefficient (Wildman–Crippen LogP) is 4.34. The predicted molar refractivity (Wildman–Crippen MR) is 106 cm³/mol.